The maximum Gasteiger partial charge on any atom is 0.214 e. The first-order chi connectivity index (χ1) is 19.9. The zero-order valence-corrected chi connectivity index (χ0v) is 23.2. The quantitative estimate of drug-likeness (QED) is 0.283. The molecule has 5 rings (SSSR count). The van der Waals surface area contributed by atoms with Crippen molar-refractivity contribution < 1.29 is 18.7 Å². The van der Waals surface area contributed by atoms with Crippen LogP contribution in [0.2, 0.25) is 0 Å². The third-order valence-electron chi connectivity index (χ3n) is 7.53. The van der Waals surface area contributed by atoms with Gasteiger partial charge in [0.15, 0.2) is 0 Å². The van der Waals surface area contributed by atoms with Crippen molar-refractivity contribution in [1.29, 1.82) is 5.26 Å². The Morgan fingerprint density at radius 3 is 2.83 bits per heavy atom. The average molecular weight is 553 g/mol. The van der Waals surface area contributed by atoms with Crippen molar-refractivity contribution in [3.63, 3.8) is 0 Å². The number of nitriles is 1. The lowest BCUT2D eigenvalue weighted by molar-refractivity contribution is -0.0439. The van der Waals surface area contributed by atoms with Gasteiger partial charge in [0, 0.05) is 61.4 Å². The van der Waals surface area contributed by atoms with Gasteiger partial charge in [0.1, 0.15) is 18.7 Å². The van der Waals surface area contributed by atoms with Crippen LogP contribution in [0.25, 0.3) is 5.57 Å². The molecule has 2 aliphatic heterocycles. The lowest BCUT2D eigenvalue weighted by atomic mass is 10.0. The first kappa shape index (κ1) is 28.2. The molecule has 1 aromatic heterocycles. The molecule has 41 heavy (non-hydrogen) atoms. The molecule has 0 N–H and O–H groups in total. The molecule has 3 heterocycles. The zero-order valence-electron chi connectivity index (χ0n) is 23.2. The molecule has 8 heteroatoms. The molecule has 3 aromatic rings. The van der Waals surface area contributed by atoms with E-state index in [1.165, 1.54) is 6.07 Å². The predicted octanol–water partition coefficient (Wildman–Crippen LogP) is 5.69. The first-order valence-corrected chi connectivity index (χ1v) is 13.8. The van der Waals surface area contributed by atoms with E-state index >= 15 is 0 Å². The van der Waals surface area contributed by atoms with Gasteiger partial charge in [-0.25, -0.2) is 9.37 Å². The number of pyridine rings is 1. The topological polar surface area (TPSA) is 78.7 Å². The van der Waals surface area contributed by atoms with Crippen molar-refractivity contribution in [3.8, 4) is 11.9 Å². The number of aryl methyl sites for hydroxylation is 1. The lowest BCUT2D eigenvalue weighted by Gasteiger charge is -2.37. The third-order valence-corrected chi connectivity index (χ3v) is 7.53. The number of carbonyl (C=O) groups is 1. The van der Waals surface area contributed by atoms with E-state index in [1.807, 2.05) is 43.3 Å². The van der Waals surface area contributed by atoms with Crippen LogP contribution in [0, 0.1) is 24.1 Å². The van der Waals surface area contributed by atoms with Crippen LogP contribution in [0.15, 0.2) is 72.9 Å². The summed E-state index contributed by atoms with van der Waals surface area (Å²) in [5.74, 6) is -0.0491. The molecule has 0 radical (unpaired) electrons. The monoisotopic (exact) mass is 552 g/mol. The van der Waals surface area contributed by atoms with Crippen LogP contribution in [0.1, 0.15) is 45.6 Å². The van der Waals surface area contributed by atoms with E-state index in [9.17, 15) is 9.18 Å². The number of halogens is 1. The predicted molar refractivity (Wildman–Crippen MR) is 156 cm³/mol. The number of ether oxygens (including phenoxy) is 2. The van der Waals surface area contributed by atoms with Crippen molar-refractivity contribution in [3.05, 3.63) is 107 Å². The molecular weight excluding hydrogens is 519 g/mol. The van der Waals surface area contributed by atoms with E-state index in [0.29, 0.717) is 30.1 Å². The van der Waals surface area contributed by atoms with E-state index in [-0.39, 0.29) is 18.3 Å². The summed E-state index contributed by atoms with van der Waals surface area (Å²) in [7, 11) is 0. The summed E-state index contributed by atoms with van der Waals surface area (Å²) < 4.78 is 25.7. The Kier molecular flexibility index (Phi) is 8.88. The Labute approximate surface area is 240 Å². The van der Waals surface area contributed by atoms with Gasteiger partial charge in [-0.15, -0.1) is 0 Å². The van der Waals surface area contributed by atoms with Gasteiger partial charge in [0.25, 0.3) is 0 Å². The van der Waals surface area contributed by atoms with Gasteiger partial charge < -0.3 is 14.4 Å². The summed E-state index contributed by atoms with van der Waals surface area (Å²) in [6, 6.07) is 17.6. The second-order valence-electron chi connectivity index (χ2n) is 10.4. The average Bonchev–Trinajstić information content (AvgIpc) is 2.97. The molecule has 0 spiro atoms. The minimum absolute atomic E-state index is 0.0283. The minimum atomic E-state index is -0.470. The van der Waals surface area contributed by atoms with Gasteiger partial charge in [-0.05, 0) is 55.2 Å². The summed E-state index contributed by atoms with van der Waals surface area (Å²) in [5.41, 5.74) is 6.31. The molecule has 1 unspecified atom stereocenters. The Balaban J connectivity index is 1.22. The standard InChI is InChI=1S/C33H33FN4O3/c1-23-6-7-26(21-39)17-32(23)38(20-29-12-15-40-29)24(2)19-37-13-10-27(11-14-37)31-4-3-5-33(36-31)41-22-28-9-8-25(18-35)16-30(28)34/h3-10,16-17,21,29H,2,11-15,19-20,22H2,1H3. The number of hydrogen-bond acceptors (Lipinski definition) is 7. The molecule has 7 nitrogen and oxygen atoms in total. The number of carbonyl (C=O) groups excluding carboxylic acids is 1. The fraction of sp³-hybridized carbons (Fsp3) is 0.303. The highest BCUT2D eigenvalue weighted by Gasteiger charge is 2.25. The summed E-state index contributed by atoms with van der Waals surface area (Å²) in [4.78, 5) is 20.6. The minimum Gasteiger partial charge on any atom is -0.473 e. The van der Waals surface area contributed by atoms with E-state index < -0.39 is 5.82 Å². The fourth-order valence-electron chi connectivity index (χ4n) is 5.01. The highest BCUT2D eigenvalue weighted by Crippen LogP contribution is 2.29. The molecule has 210 valence electrons. The van der Waals surface area contributed by atoms with Gasteiger partial charge >= 0.3 is 0 Å². The summed E-state index contributed by atoms with van der Waals surface area (Å²) >= 11 is 0. The van der Waals surface area contributed by atoms with Crippen molar-refractivity contribution in [2.75, 3.05) is 37.7 Å². The third kappa shape index (κ3) is 6.88. The molecule has 1 saturated heterocycles. The van der Waals surface area contributed by atoms with Gasteiger partial charge in [-0.3, -0.25) is 9.69 Å². The Hall–Kier alpha value is -4.32. The Bertz CT molecular complexity index is 1510. The zero-order chi connectivity index (χ0) is 28.8. The van der Waals surface area contributed by atoms with Crippen LogP contribution in [-0.2, 0) is 11.3 Å². The molecule has 1 atom stereocenters. The van der Waals surface area contributed by atoms with Crippen molar-refractivity contribution in [2.24, 2.45) is 0 Å². The van der Waals surface area contributed by atoms with Crippen molar-refractivity contribution in [2.45, 2.75) is 32.5 Å². The maximum atomic E-state index is 14.2. The van der Waals surface area contributed by atoms with Gasteiger partial charge in [0.05, 0.1) is 23.4 Å². The van der Waals surface area contributed by atoms with Crippen LogP contribution in [-0.4, -0.2) is 55.1 Å². The molecule has 0 bridgehead atoms. The first-order valence-electron chi connectivity index (χ1n) is 13.8. The van der Waals surface area contributed by atoms with E-state index in [4.69, 9.17) is 14.7 Å². The number of anilines is 1. The SMILES string of the molecule is C=C(CN1CC=C(c2cccc(OCc3ccc(C#N)cc3F)n2)CC1)N(CC1CCO1)c1cc(C=O)ccc1C. The number of benzene rings is 2. The molecule has 2 aromatic carbocycles. The molecule has 0 aliphatic carbocycles. The number of hydrogen-bond donors (Lipinski definition) is 0. The largest absolute Gasteiger partial charge is 0.473 e. The smallest absolute Gasteiger partial charge is 0.214 e. The van der Waals surface area contributed by atoms with Gasteiger partial charge in [-0.2, -0.15) is 5.26 Å². The molecule has 2 aliphatic rings. The van der Waals surface area contributed by atoms with Gasteiger partial charge in [-0.1, -0.05) is 36.9 Å². The lowest BCUT2D eigenvalue weighted by Crippen LogP contribution is -2.42. The van der Waals surface area contributed by atoms with E-state index in [1.54, 1.807) is 18.2 Å². The maximum absolute atomic E-state index is 14.2. The molecule has 0 saturated carbocycles. The number of aromatic nitrogens is 1. The highest BCUT2D eigenvalue weighted by atomic mass is 19.1. The van der Waals surface area contributed by atoms with Gasteiger partial charge in [0.2, 0.25) is 5.88 Å². The van der Waals surface area contributed by atoms with Crippen LogP contribution in [0.5, 0.6) is 5.88 Å². The normalized spacial score (nSPS) is 16.7. The van der Waals surface area contributed by atoms with Crippen LogP contribution < -0.4 is 9.64 Å². The Morgan fingerprint density at radius 1 is 1.29 bits per heavy atom. The molecule has 1 fully saturated rings. The number of aldehydes is 1. The van der Waals surface area contributed by atoms with Crippen molar-refractivity contribution >= 4 is 17.5 Å². The second-order valence-corrected chi connectivity index (χ2v) is 10.4. The summed E-state index contributed by atoms with van der Waals surface area (Å²) in [6.07, 6.45) is 5.05. The second kappa shape index (κ2) is 12.9. The van der Waals surface area contributed by atoms with E-state index in [0.717, 1.165) is 67.0 Å². The van der Waals surface area contributed by atoms with Crippen LogP contribution in [0.3, 0.4) is 0 Å². The fourth-order valence-corrected chi connectivity index (χ4v) is 5.01. The summed E-state index contributed by atoms with van der Waals surface area (Å²) in [6.45, 7) is 10.3. The van der Waals surface area contributed by atoms with Crippen LogP contribution >= 0.6 is 0 Å². The number of rotatable bonds is 11. The molecular formula is C33H33FN4O3. The Morgan fingerprint density at radius 2 is 2.15 bits per heavy atom. The summed E-state index contributed by atoms with van der Waals surface area (Å²) in [5, 5.41) is 8.93. The number of nitrogens with zero attached hydrogens (tertiary/aromatic N) is 4. The van der Waals surface area contributed by atoms with Crippen LogP contribution in [0.4, 0.5) is 10.1 Å². The molecule has 0 amide bonds. The highest BCUT2D eigenvalue weighted by molar-refractivity contribution is 5.78. The van der Waals surface area contributed by atoms with E-state index in [2.05, 4.69) is 27.4 Å². The van der Waals surface area contributed by atoms with Crippen molar-refractivity contribution in [1.82, 2.24) is 9.88 Å².